The minimum absolute atomic E-state index is 0.0406. The van der Waals surface area contributed by atoms with E-state index in [1.165, 1.54) is 6.42 Å². The van der Waals surface area contributed by atoms with Gasteiger partial charge in [0.25, 0.3) is 0 Å². The molecule has 176 valence electrons. The molecule has 1 aliphatic heterocycles. The lowest BCUT2D eigenvalue weighted by Gasteiger charge is -2.29. The van der Waals surface area contributed by atoms with Crippen molar-refractivity contribution in [2.75, 3.05) is 5.32 Å². The molecule has 1 fully saturated rings. The number of nitrogens with one attached hydrogen (secondary N) is 1. The number of anilines is 1. The van der Waals surface area contributed by atoms with Crippen LogP contribution in [0.15, 0.2) is 59.8 Å². The first-order valence-corrected chi connectivity index (χ1v) is 11.9. The number of halogens is 1. The number of nitrogens with zero attached hydrogens (tertiary/aromatic N) is 4. The number of tetrazole rings is 1. The Morgan fingerprint density at radius 1 is 1.09 bits per heavy atom. The molecule has 2 aromatic carbocycles. The first-order chi connectivity index (χ1) is 16.6. The molecule has 0 radical (unpaired) electrons. The van der Waals surface area contributed by atoms with Crippen LogP contribution in [0.1, 0.15) is 56.2 Å². The van der Waals surface area contributed by atoms with Crippen LogP contribution in [0, 0.1) is 0 Å². The molecule has 1 atom stereocenters. The Hall–Kier alpha value is -3.39. The topological polar surface area (TPSA) is 91.2 Å². The summed E-state index contributed by atoms with van der Waals surface area (Å²) in [4.78, 5) is 13.3. The van der Waals surface area contributed by atoms with Crippen molar-refractivity contribution in [3.05, 3.63) is 76.0 Å². The van der Waals surface area contributed by atoms with Crippen LogP contribution in [-0.2, 0) is 16.1 Å². The maximum Gasteiger partial charge on any atom is 0.338 e. The van der Waals surface area contributed by atoms with Gasteiger partial charge in [0.1, 0.15) is 24.5 Å². The molecule has 2 aliphatic rings. The number of aromatic nitrogens is 4. The minimum Gasteiger partial charge on any atom is -0.489 e. The maximum absolute atomic E-state index is 13.3. The van der Waals surface area contributed by atoms with Crippen LogP contribution in [0.5, 0.6) is 5.75 Å². The van der Waals surface area contributed by atoms with Crippen LogP contribution < -0.4 is 10.1 Å². The number of carbonyl (C=O) groups is 1. The van der Waals surface area contributed by atoms with Crippen molar-refractivity contribution in [3.63, 3.8) is 0 Å². The van der Waals surface area contributed by atoms with E-state index in [0.29, 0.717) is 28.8 Å². The molecule has 1 unspecified atom stereocenters. The number of benzene rings is 2. The second-order valence-corrected chi connectivity index (χ2v) is 9.10. The third kappa shape index (κ3) is 4.77. The quantitative estimate of drug-likeness (QED) is 0.493. The van der Waals surface area contributed by atoms with E-state index in [0.717, 1.165) is 42.6 Å². The van der Waals surface area contributed by atoms with E-state index in [1.54, 1.807) is 4.68 Å². The van der Waals surface area contributed by atoms with Gasteiger partial charge in [-0.15, -0.1) is 0 Å². The highest BCUT2D eigenvalue weighted by atomic mass is 35.5. The lowest BCUT2D eigenvalue weighted by molar-refractivity contribution is -0.146. The first-order valence-electron chi connectivity index (χ1n) is 11.5. The fourth-order valence-corrected chi connectivity index (χ4v) is 4.60. The molecule has 3 aromatic rings. The minimum atomic E-state index is -0.493. The highest BCUT2D eigenvalue weighted by Crippen LogP contribution is 2.36. The average molecular weight is 480 g/mol. The highest BCUT2D eigenvalue weighted by Gasteiger charge is 2.36. The lowest BCUT2D eigenvalue weighted by atomic mass is 9.95. The summed E-state index contributed by atoms with van der Waals surface area (Å²) in [5, 5.41) is 15.8. The average Bonchev–Trinajstić information content (AvgIpc) is 3.32. The van der Waals surface area contributed by atoms with Crippen LogP contribution >= 0.6 is 11.6 Å². The van der Waals surface area contributed by atoms with Crippen molar-refractivity contribution in [1.82, 2.24) is 20.2 Å². The van der Waals surface area contributed by atoms with Crippen molar-refractivity contribution in [2.24, 2.45) is 0 Å². The first kappa shape index (κ1) is 22.4. The summed E-state index contributed by atoms with van der Waals surface area (Å²) in [6, 6.07) is 14.7. The summed E-state index contributed by atoms with van der Waals surface area (Å²) < 4.78 is 13.4. The molecule has 8 nitrogen and oxygen atoms in total. The van der Waals surface area contributed by atoms with Crippen molar-refractivity contribution in [3.8, 4) is 5.75 Å². The zero-order chi connectivity index (χ0) is 23.5. The SMILES string of the molecule is CC1=C(C(=O)OC2CCCCC2)C(c2ccc(OCc3ccc(Cl)cc3)cc2)n2nnnc2N1. The second-order valence-electron chi connectivity index (χ2n) is 8.66. The third-order valence-electron chi connectivity index (χ3n) is 6.27. The van der Waals surface area contributed by atoms with Gasteiger partial charge in [0.05, 0.1) is 5.57 Å². The molecule has 1 N–H and O–H groups in total. The summed E-state index contributed by atoms with van der Waals surface area (Å²) in [7, 11) is 0. The molecule has 1 aliphatic carbocycles. The van der Waals surface area contributed by atoms with Gasteiger partial charge in [0.2, 0.25) is 5.95 Å². The normalized spacial score (nSPS) is 18.2. The summed E-state index contributed by atoms with van der Waals surface area (Å²) in [6.45, 7) is 2.28. The van der Waals surface area contributed by atoms with Crippen molar-refractivity contribution in [2.45, 2.75) is 57.8 Å². The van der Waals surface area contributed by atoms with Crippen molar-refractivity contribution in [1.29, 1.82) is 0 Å². The number of esters is 1. The van der Waals surface area contributed by atoms with Crippen LogP contribution in [0.25, 0.3) is 0 Å². The van der Waals surface area contributed by atoms with E-state index in [9.17, 15) is 4.79 Å². The maximum atomic E-state index is 13.3. The monoisotopic (exact) mass is 479 g/mol. The van der Waals surface area contributed by atoms with Crippen LogP contribution in [0.3, 0.4) is 0 Å². The zero-order valence-electron chi connectivity index (χ0n) is 18.9. The van der Waals surface area contributed by atoms with Gasteiger partial charge < -0.3 is 14.8 Å². The Labute approximate surface area is 202 Å². The van der Waals surface area contributed by atoms with E-state index in [2.05, 4.69) is 20.8 Å². The predicted molar refractivity (Wildman–Crippen MR) is 127 cm³/mol. The van der Waals surface area contributed by atoms with Crippen LogP contribution in [0.2, 0.25) is 5.02 Å². The van der Waals surface area contributed by atoms with Crippen molar-refractivity contribution >= 4 is 23.5 Å². The Bertz CT molecular complexity index is 1180. The van der Waals surface area contributed by atoms with E-state index in [1.807, 2.05) is 55.5 Å². The number of hydrogen-bond donors (Lipinski definition) is 1. The molecule has 5 rings (SSSR count). The van der Waals surface area contributed by atoms with Gasteiger partial charge in [0.15, 0.2) is 0 Å². The number of rotatable bonds is 6. The molecule has 0 saturated heterocycles. The van der Waals surface area contributed by atoms with Gasteiger partial charge in [-0.3, -0.25) is 0 Å². The molecule has 2 heterocycles. The van der Waals surface area contributed by atoms with E-state index < -0.39 is 6.04 Å². The van der Waals surface area contributed by atoms with Crippen molar-refractivity contribution < 1.29 is 14.3 Å². The number of ether oxygens (including phenoxy) is 2. The number of fused-ring (bicyclic) bond motifs is 1. The molecule has 1 aromatic heterocycles. The Morgan fingerprint density at radius 2 is 1.82 bits per heavy atom. The summed E-state index contributed by atoms with van der Waals surface area (Å²) in [5.41, 5.74) is 3.09. The van der Waals surface area contributed by atoms with Crippen LogP contribution in [0.4, 0.5) is 5.95 Å². The fraction of sp³-hybridized carbons (Fsp3) is 0.360. The van der Waals surface area contributed by atoms with Gasteiger partial charge >= 0.3 is 5.97 Å². The molecule has 9 heteroatoms. The molecule has 0 bridgehead atoms. The van der Waals surface area contributed by atoms with Gasteiger partial charge in [-0.25, -0.2) is 4.79 Å². The van der Waals surface area contributed by atoms with Gasteiger partial charge in [0, 0.05) is 10.7 Å². The number of allylic oxidation sites excluding steroid dienone is 1. The second kappa shape index (κ2) is 9.85. The number of carbonyl (C=O) groups excluding carboxylic acids is 1. The fourth-order valence-electron chi connectivity index (χ4n) is 4.48. The molecule has 0 amide bonds. The Morgan fingerprint density at radius 3 is 2.56 bits per heavy atom. The zero-order valence-corrected chi connectivity index (χ0v) is 19.7. The smallest absolute Gasteiger partial charge is 0.338 e. The predicted octanol–water partition coefficient (Wildman–Crippen LogP) is 5.07. The van der Waals surface area contributed by atoms with Gasteiger partial charge in [-0.1, -0.05) is 47.4 Å². The molecular weight excluding hydrogens is 454 g/mol. The summed E-state index contributed by atoms with van der Waals surface area (Å²) in [5.74, 6) is 0.877. The highest BCUT2D eigenvalue weighted by molar-refractivity contribution is 6.30. The van der Waals surface area contributed by atoms with E-state index in [-0.39, 0.29) is 12.1 Å². The van der Waals surface area contributed by atoms with Crippen LogP contribution in [-0.4, -0.2) is 32.3 Å². The number of hydrogen-bond acceptors (Lipinski definition) is 7. The summed E-state index contributed by atoms with van der Waals surface area (Å²) >= 11 is 5.95. The third-order valence-corrected chi connectivity index (χ3v) is 6.53. The summed E-state index contributed by atoms with van der Waals surface area (Å²) in [6.07, 6.45) is 5.15. The Balaban J connectivity index is 1.37. The molecular formula is C25H26ClN5O3. The van der Waals surface area contributed by atoms with Gasteiger partial charge in [-0.05, 0) is 78.4 Å². The molecule has 1 saturated carbocycles. The Kier molecular flexibility index (Phi) is 6.49. The van der Waals surface area contributed by atoms with E-state index >= 15 is 0 Å². The molecule has 34 heavy (non-hydrogen) atoms. The lowest BCUT2D eigenvalue weighted by Crippen LogP contribution is -2.32. The largest absolute Gasteiger partial charge is 0.489 e. The molecule has 0 spiro atoms. The van der Waals surface area contributed by atoms with Gasteiger partial charge in [-0.2, -0.15) is 4.68 Å². The standard InChI is InChI=1S/C25H26ClN5O3/c1-16-22(24(32)34-21-5-3-2-4-6-21)23(31-25(27-16)28-29-30-31)18-9-13-20(14-10-18)33-15-17-7-11-19(26)12-8-17/h7-14,21,23H,2-6,15H2,1H3,(H,27,28,30). The van der Waals surface area contributed by atoms with E-state index in [4.69, 9.17) is 21.1 Å².